The fraction of sp³-hybridized carbons (Fsp3) is 0.545. The molecule has 2 N–H and O–H groups in total. The second-order valence-electron chi connectivity index (χ2n) is 3.98. The van der Waals surface area contributed by atoms with Crippen LogP contribution >= 0.6 is 0 Å². The van der Waals surface area contributed by atoms with Gasteiger partial charge in [-0.1, -0.05) is 0 Å². The molecule has 1 saturated carbocycles. The molecular formula is C11H16N4O. The molecule has 1 aromatic heterocycles. The zero-order valence-electron chi connectivity index (χ0n) is 9.15. The number of aromatic nitrogens is 2. The minimum absolute atomic E-state index is 0.133. The van der Waals surface area contributed by atoms with Crippen LogP contribution in [-0.2, 0) is 11.3 Å². The van der Waals surface area contributed by atoms with Gasteiger partial charge >= 0.3 is 0 Å². The van der Waals surface area contributed by atoms with Crippen LogP contribution in [0.4, 0.5) is 0 Å². The van der Waals surface area contributed by atoms with E-state index >= 15 is 0 Å². The lowest BCUT2D eigenvalue weighted by Gasteiger charge is -2.04. The van der Waals surface area contributed by atoms with Crippen LogP contribution in [0.1, 0.15) is 25.0 Å². The zero-order chi connectivity index (χ0) is 11.2. The van der Waals surface area contributed by atoms with Gasteiger partial charge in [-0.3, -0.25) is 4.79 Å². The van der Waals surface area contributed by atoms with Gasteiger partial charge in [0.2, 0.25) is 5.91 Å². The maximum Gasteiger partial charge on any atom is 0.221 e. The molecule has 1 aliphatic carbocycles. The van der Waals surface area contributed by atoms with E-state index in [0.717, 1.165) is 18.5 Å². The van der Waals surface area contributed by atoms with Crippen LogP contribution in [-0.4, -0.2) is 28.7 Å². The van der Waals surface area contributed by atoms with Gasteiger partial charge in [-0.15, -0.1) is 0 Å². The molecule has 1 heterocycles. The van der Waals surface area contributed by atoms with Crippen molar-refractivity contribution in [2.75, 3.05) is 6.54 Å². The van der Waals surface area contributed by atoms with Crippen molar-refractivity contribution in [3.8, 4) is 0 Å². The van der Waals surface area contributed by atoms with Gasteiger partial charge in [0, 0.05) is 31.7 Å². The van der Waals surface area contributed by atoms with Gasteiger partial charge < -0.3 is 10.6 Å². The van der Waals surface area contributed by atoms with E-state index in [0.29, 0.717) is 25.6 Å². The van der Waals surface area contributed by atoms with Gasteiger partial charge in [0.15, 0.2) is 0 Å². The molecule has 2 rings (SSSR count). The van der Waals surface area contributed by atoms with Crippen molar-refractivity contribution >= 4 is 5.91 Å². The highest BCUT2D eigenvalue weighted by Crippen LogP contribution is 2.18. The first-order chi connectivity index (χ1) is 7.84. The van der Waals surface area contributed by atoms with E-state index in [4.69, 9.17) is 0 Å². The van der Waals surface area contributed by atoms with Gasteiger partial charge in [-0.25, -0.2) is 0 Å². The van der Waals surface area contributed by atoms with Crippen molar-refractivity contribution in [3.63, 3.8) is 0 Å². The lowest BCUT2D eigenvalue weighted by atomic mass is 10.3. The molecule has 86 valence electrons. The second kappa shape index (κ2) is 5.55. The molecule has 0 saturated heterocycles. The Hall–Kier alpha value is -1.49. The highest BCUT2D eigenvalue weighted by Gasteiger charge is 2.22. The number of hydrogen-bond donors (Lipinski definition) is 2. The Morgan fingerprint density at radius 1 is 1.50 bits per heavy atom. The standard InChI is InChI=1S/C11H16N4O/c16-11(14-9-3-4-9)5-7-12-8-10-2-1-6-13-15-10/h1-2,6,9,12H,3-5,7-8H2,(H,14,16). The normalized spacial score (nSPS) is 14.8. The number of nitrogens with zero attached hydrogens (tertiary/aromatic N) is 2. The van der Waals surface area contributed by atoms with Crippen LogP contribution in [0, 0.1) is 0 Å². The van der Waals surface area contributed by atoms with Crippen LogP contribution in [0.3, 0.4) is 0 Å². The van der Waals surface area contributed by atoms with E-state index in [-0.39, 0.29) is 5.91 Å². The fourth-order valence-corrected chi connectivity index (χ4v) is 1.37. The Morgan fingerprint density at radius 2 is 2.38 bits per heavy atom. The molecule has 16 heavy (non-hydrogen) atoms. The lowest BCUT2D eigenvalue weighted by molar-refractivity contribution is -0.121. The summed E-state index contributed by atoms with van der Waals surface area (Å²) in [4.78, 5) is 11.3. The summed E-state index contributed by atoms with van der Waals surface area (Å²) in [6, 6.07) is 4.21. The molecule has 1 aliphatic rings. The summed E-state index contributed by atoms with van der Waals surface area (Å²) in [5.41, 5.74) is 0.894. The largest absolute Gasteiger partial charge is 0.353 e. The van der Waals surface area contributed by atoms with Crippen molar-refractivity contribution in [1.29, 1.82) is 0 Å². The first-order valence-corrected chi connectivity index (χ1v) is 5.61. The van der Waals surface area contributed by atoms with Gasteiger partial charge in [0.05, 0.1) is 5.69 Å². The van der Waals surface area contributed by atoms with E-state index < -0.39 is 0 Å². The Bertz CT molecular complexity index is 337. The number of carbonyl (C=O) groups is 1. The Balaban J connectivity index is 1.56. The monoisotopic (exact) mass is 220 g/mol. The maximum absolute atomic E-state index is 11.3. The lowest BCUT2D eigenvalue weighted by Crippen LogP contribution is -2.29. The molecule has 0 radical (unpaired) electrons. The number of nitrogens with one attached hydrogen (secondary N) is 2. The Kier molecular flexibility index (Phi) is 3.82. The molecule has 5 nitrogen and oxygen atoms in total. The summed E-state index contributed by atoms with van der Waals surface area (Å²) in [5, 5.41) is 13.8. The molecule has 0 spiro atoms. The number of amides is 1. The molecular weight excluding hydrogens is 204 g/mol. The van der Waals surface area contributed by atoms with Crippen molar-refractivity contribution in [3.05, 3.63) is 24.0 Å². The smallest absolute Gasteiger partial charge is 0.221 e. The predicted molar refractivity (Wildman–Crippen MR) is 59.5 cm³/mol. The number of carbonyl (C=O) groups excluding carboxylic acids is 1. The summed E-state index contributed by atoms with van der Waals surface area (Å²) in [7, 11) is 0. The van der Waals surface area contributed by atoms with Gasteiger partial charge in [0.1, 0.15) is 0 Å². The predicted octanol–water partition coefficient (Wildman–Crippen LogP) is 0.235. The van der Waals surface area contributed by atoms with Crippen LogP contribution in [0.2, 0.25) is 0 Å². The fourth-order valence-electron chi connectivity index (χ4n) is 1.37. The van der Waals surface area contributed by atoms with E-state index in [1.165, 1.54) is 0 Å². The van der Waals surface area contributed by atoms with Gasteiger partial charge in [-0.05, 0) is 25.0 Å². The Labute approximate surface area is 94.6 Å². The number of rotatable bonds is 6. The molecule has 5 heteroatoms. The quantitative estimate of drug-likeness (QED) is 0.674. The van der Waals surface area contributed by atoms with Crippen LogP contribution in [0.15, 0.2) is 18.3 Å². The molecule has 0 aliphatic heterocycles. The van der Waals surface area contributed by atoms with E-state index in [1.807, 2.05) is 12.1 Å². The van der Waals surface area contributed by atoms with E-state index in [2.05, 4.69) is 20.8 Å². The third-order valence-electron chi connectivity index (χ3n) is 2.40. The summed E-state index contributed by atoms with van der Waals surface area (Å²) in [5.74, 6) is 0.133. The van der Waals surface area contributed by atoms with Gasteiger partial charge in [-0.2, -0.15) is 10.2 Å². The molecule has 0 aromatic carbocycles. The third kappa shape index (κ3) is 3.94. The molecule has 1 aromatic rings. The minimum Gasteiger partial charge on any atom is -0.353 e. The first kappa shape index (κ1) is 11.0. The van der Waals surface area contributed by atoms with Crippen molar-refractivity contribution in [2.45, 2.75) is 31.8 Å². The first-order valence-electron chi connectivity index (χ1n) is 5.61. The highest BCUT2D eigenvalue weighted by atomic mass is 16.1. The van der Waals surface area contributed by atoms with E-state index in [1.54, 1.807) is 6.20 Å². The molecule has 0 unspecified atom stereocenters. The molecule has 0 bridgehead atoms. The highest BCUT2D eigenvalue weighted by molar-refractivity contribution is 5.76. The maximum atomic E-state index is 11.3. The summed E-state index contributed by atoms with van der Waals surface area (Å²) < 4.78 is 0. The van der Waals surface area contributed by atoms with Crippen LogP contribution in [0.25, 0.3) is 0 Å². The third-order valence-corrected chi connectivity index (χ3v) is 2.40. The topological polar surface area (TPSA) is 66.9 Å². The van der Waals surface area contributed by atoms with Crippen LogP contribution < -0.4 is 10.6 Å². The molecule has 1 fully saturated rings. The summed E-state index contributed by atoms with van der Waals surface area (Å²) in [6.45, 7) is 1.33. The van der Waals surface area contributed by atoms with E-state index in [9.17, 15) is 4.79 Å². The molecule has 1 amide bonds. The summed E-state index contributed by atoms with van der Waals surface area (Å²) >= 11 is 0. The summed E-state index contributed by atoms with van der Waals surface area (Å²) in [6.07, 6.45) is 4.45. The average Bonchev–Trinajstić information content (AvgIpc) is 3.10. The SMILES string of the molecule is O=C(CCNCc1cccnn1)NC1CC1. The van der Waals surface area contributed by atoms with Gasteiger partial charge in [0.25, 0.3) is 0 Å². The minimum atomic E-state index is 0.133. The molecule has 0 atom stereocenters. The van der Waals surface area contributed by atoms with Crippen molar-refractivity contribution in [2.24, 2.45) is 0 Å². The second-order valence-corrected chi connectivity index (χ2v) is 3.98. The van der Waals surface area contributed by atoms with Crippen molar-refractivity contribution < 1.29 is 4.79 Å². The van der Waals surface area contributed by atoms with Crippen LogP contribution in [0.5, 0.6) is 0 Å². The Morgan fingerprint density at radius 3 is 3.06 bits per heavy atom. The van der Waals surface area contributed by atoms with Crippen molar-refractivity contribution in [1.82, 2.24) is 20.8 Å². The zero-order valence-corrected chi connectivity index (χ0v) is 9.15. The number of hydrogen-bond acceptors (Lipinski definition) is 4. The average molecular weight is 220 g/mol.